The molecule has 0 saturated carbocycles. The summed E-state index contributed by atoms with van der Waals surface area (Å²) >= 11 is 0. The lowest BCUT2D eigenvalue weighted by molar-refractivity contribution is 0.153. The van der Waals surface area contributed by atoms with Crippen molar-refractivity contribution in [3.05, 3.63) is 0 Å². The summed E-state index contributed by atoms with van der Waals surface area (Å²) in [6.45, 7) is 9.58. The molecule has 0 saturated heterocycles. The second-order valence-corrected chi connectivity index (χ2v) is 4.94. The van der Waals surface area contributed by atoms with Crippen LogP contribution < -0.4 is 0 Å². The van der Waals surface area contributed by atoms with Crippen molar-refractivity contribution in [3.8, 4) is 0 Å². The molecule has 0 spiro atoms. The van der Waals surface area contributed by atoms with Crippen LogP contribution in [0.5, 0.6) is 0 Å². The van der Waals surface area contributed by atoms with E-state index in [1.54, 1.807) is 4.90 Å². The normalized spacial score (nSPS) is 11.0. The lowest BCUT2D eigenvalue weighted by atomic mass is 10.2. The van der Waals surface area contributed by atoms with Crippen molar-refractivity contribution in [1.29, 1.82) is 0 Å². The van der Waals surface area contributed by atoms with E-state index >= 15 is 0 Å². The fourth-order valence-electron chi connectivity index (χ4n) is 1.40. The highest BCUT2D eigenvalue weighted by Crippen LogP contribution is 2.03. The van der Waals surface area contributed by atoms with Gasteiger partial charge in [0.05, 0.1) is 0 Å². The molecule has 0 aliphatic rings. The number of carbonyl (C=O) groups is 1. The van der Waals surface area contributed by atoms with Gasteiger partial charge in [0.15, 0.2) is 0 Å². The minimum Gasteiger partial charge on any atom is -0.328 e. The molecule has 4 nitrogen and oxygen atoms in total. The molecule has 0 N–H and O–H groups in total. The van der Waals surface area contributed by atoms with Gasteiger partial charge in [0, 0.05) is 33.2 Å². The molecular formula is C12H27N3O. The highest BCUT2D eigenvalue weighted by atomic mass is 16.2. The molecule has 96 valence electrons. The van der Waals surface area contributed by atoms with E-state index in [2.05, 4.69) is 18.7 Å². The van der Waals surface area contributed by atoms with Gasteiger partial charge in [-0.25, -0.2) is 4.79 Å². The summed E-state index contributed by atoms with van der Waals surface area (Å²) in [6.07, 6.45) is 0. The number of nitrogens with zero attached hydrogens (tertiary/aromatic N) is 3. The molecule has 0 bridgehead atoms. The molecule has 0 atom stereocenters. The number of likely N-dealkylation sites (N-methyl/N-ethyl adjacent to an activating group) is 1. The molecule has 0 rings (SSSR count). The summed E-state index contributed by atoms with van der Waals surface area (Å²) in [5.41, 5.74) is 0. The fourth-order valence-corrected chi connectivity index (χ4v) is 1.40. The second-order valence-electron chi connectivity index (χ2n) is 4.94. The van der Waals surface area contributed by atoms with Crippen molar-refractivity contribution in [2.24, 2.45) is 5.92 Å². The van der Waals surface area contributed by atoms with Crippen LogP contribution in [0.25, 0.3) is 0 Å². The Bertz CT molecular complexity index is 204. The number of hydrogen-bond donors (Lipinski definition) is 0. The number of urea groups is 1. The maximum Gasteiger partial charge on any atom is 0.319 e. The Morgan fingerprint density at radius 2 is 1.69 bits per heavy atom. The van der Waals surface area contributed by atoms with Gasteiger partial charge >= 0.3 is 6.03 Å². The topological polar surface area (TPSA) is 26.8 Å². The van der Waals surface area contributed by atoms with Gasteiger partial charge in [0.1, 0.15) is 0 Å². The molecule has 16 heavy (non-hydrogen) atoms. The summed E-state index contributed by atoms with van der Waals surface area (Å²) < 4.78 is 0. The van der Waals surface area contributed by atoms with E-state index in [-0.39, 0.29) is 6.03 Å². The van der Waals surface area contributed by atoms with Gasteiger partial charge in [-0.15, -0.1) is 0 Å². The third kappa shape index (κ3) is 5.95. The molecule has 0 aromatic carbocycles. The maximum atomic E-state index is 12.1. The van der Waals surface area contributed by atoms with E-state index < -0.39 is 0 Å². The smallest absolute Gasteiger partial charge is 0.319 e. The quantitative estimate of drug-likeness (QED) is 0.691. The third-order valence-corrected chi connectivity index (χ3v) is 2.47. The van der Waals surface area contributed by atoms with Gasteiger partial charge in [-0.2, -0.15) is 0 Å². The van der Waals surface area contributed by atoms with Crippen LogP contribution in [0.3, 0.4) is 0 Å². The fraction of sp³-hybridized carbons (Fsp3) is 0.917. The standard InChI is InChI=1S/C12H27N3O/c1-7-14(6)12(16)15(10-11(2)3)9-8-13(4)5/h11H,7-10H2,1-6H3. The Hall–Kier alpha value is -0.770. The van der Waals surface area contributed by atoms with Crippen molar-refractivity contribution in [1.82, 2.24) is 14.7 Å². The average Bonchev–Trinajstić information content (AvgIpc) is 2.21. The van der Waals surface area contributed by atoms with Crippen molar-refractivity contribution in [2.75, 3.05) is 47.3 Å². The molecule has 0 heterocycles. The van der Waals surface area contributed by atoms with Gasteiger partial charge in [-0.1, -0.05) is 13.8 Å². The lowest BCUT2D eigenvalue weighted by Crippen LogP contribution is -2.45. The number of carbonyl (C=O) groups excluding carboxylic acids is 1. The van der Waals surface area contributed by atoms with Crippen molar-refractivity contribution < 1.29 is 4.79 Å². The second kappa shape index (κ2) is 7.49. The first kappa shape index (κ1) is 15.2. The first-order valence-electron chi connectivity index (χ1n) is 6.03. The third-order valence-electron chi connectivity index (χ3n) is 2.47. The molecule has 0 aromatic rings. The summed E-state index contributed by atoms with van der Waals surface area (Å²) in [6, 6.07) is 0.137. The maximum absolute atomic E-state index is 12.1. The molecule has 0 aromatic heterocycles. The van der Waals surface area contributed by atoms with Crippen molar-refractivity contribution in [2.45, 2.75) is 20.8 Å². The minimum atomic E-state index is 0.137. The van der Waals surface area contributed by atoms with Gasteiger partial charge in [-0.3, -0.25) is 0 Å². The van der Waals surface area contributed by atoms with Gasteiger partial charge < -0.3 is 14.7 Å². The molecule has 0 aliphatic carbocycles. The van der Waals surface area contributed by atoms with E-state index in [4.69, 9.17) is 0 Å². The van der Waals surface area contributed by atoms with E-state index in [1.165, 1.54) is 0 Å². The first-order chi connectivity index (χ1) is 7.38. The Morgan fingerprint density at radius 1 is 1.12 bits per heavy atom. The highest BCUT2D eigenvalue weighted by molar-refractivity contribution is 5.74. The molecule has 0 fully saturated rings. The van der Waals surface area contributed by atoms with E-state index in [0.717, 1.165) is 26.2 Å². The zero-order valence-corrected chi connectivity index (χ0v) is 11.7. The average molecular weight is 229 g/mol. The number of rotatable bonds is 6. The predicted octanol–water partition coefficient (Wildman–Crippen LogP) is 1.58. The predicted molar refractivity (Wildman–Crippen MR) is 68.7 cm³/mol. The SMILES string of the molecule is CCN(C)C(=O)N(CCN(C)C)CC(C)C. The summed E-state index contributed by atoms with van der Waals surface area (Å²) in [5.74, 6) is 0.511. The van der Waals surface area contributed by atoms with Crippen LogP contribution >= 0.6 is 0 Å². The molecule has 4 heteroatoms. The van der Waals surface area contributed by atoms with Crippen LogP contribution in [-0.2, 0) is 0 Å². The largest absolute Gasteiger partial charge is 0.328 e. The molecule has 0 unspecified atom stereocenters. The molecular weight excluding hydrogens is 202 g/mol. The lowest BCUT2D eigenvalue weighted by Gasteiger charge is -2.30. The summed E-state index contributed by atoms with van der Waals surface area (Å²) in [7, 11) is 5.91. The monoisotopic (exact) mass is 229 g/mol. The zero-order valence-electron chi connectivity index (χ0n) is 11.7. The Labute approximate surface area is 100 Å². The molecule has 0 radical (unpaired) electrons. The first-order valence-corrected chi connectivity index (χ1v) is 6.03. The van der Waals surface area contributed by atoms with Crippen LogP contribution in [0.4, 0.5) is 4.79 Å². The Balaban J connectivity index is 4.34. The van der Waals surface area contributed by atoms with Gasteiger partial charge in [0.25, 0.3) is 0 Å². The Morgan fingerprint density at radius 3 is 2.06 bits per heavy atom. The van der Waals surface area contributed by atoms with Gasteiger partial charge in [-0.05, 0) is 26.9 Å². The number of hydrogen-bond acceptors (Lipinski definition) is 2. The van der Waals surface area contributed by atoms with E-state index in [9.17, 15) is 4.79 Å². The summed E-state index contributed by atoms with van der Waals surface area (Å²) in [4.78, 5) is 17.9. The van der Waals surface area contributed by atoms with E-state index in [1.807, 2.05) is 33.0 Å². The summed E-state index contributed by atoms with van der Waals surface area (Å²) in [5, 5.41) is 0. The van der Waals surface area contributed by atoms with Crippen LogP contribution in [0.15, 0.2) is 0 Å². The highest BCUT2D eigenvalue weighted by Gasteiger charge is 2.17. The number of amides is 2. The van der Waals surface area contributed by atoms with Crippen molar-refractivity contribution in [3.63, 3.8) is 0 Å². The molecule has 0 aliphatic heterocycles. The van der Waals surface area contributed by atoms with Crippen LogP contribution in [0.1, 0.15) is 20.8 Å². The van der Waals surface area contributed by atoms with Crippen LogP contribution in [-0.4, -0.2) is 68.1 Å². The Kier molecular flexibility index (Phi) is 7.13. The van der Waals surface area contributed by atoms with Crippen molar-refractivity contribution >= 4 is 6.03 Å². The van der Waals surface area contributed by atoms with E-state index in [0.29, 0.717) is 5.92 Å². The minimum absolute atomic E-state index is 0.137. The molecule has 2 amide bonds. The van der Waals surface area contributed by atoms with Crippen LogP contribution in [0, 0.1) is 5.92 Å². The van der Waals surface area contributed by atoms with Gasteiger partial charge in [0.2, 0.25) is 0 Å². The zero-order chi connectivity index (χ0) is 12.7. The van der Waals surface area contributed by atoms with Crippen LogP contribution in [0.2, 0.25) is 0 Å².